The number of halogens is 2. The molecule has 2 amide bonds. The smallest absolute Gasteiger partial charge is 0.329 e. The summed E-state index contributed by atoms with van der Waals surface area (Å²) in [4.78, 5) is 22.2. The second-order valence-electron chi connectivity index (χ2n) is 4.84. The molecule has 2 aromatic rings. The highest BCUT2D eigenvalue weighted by molar-refractivity contribution is 6.35. The molecule has 2 rings (SSSR count). The number of carbonyl (C=O) groups excluding carboxylic acids is 2. The van der Waals surface area contributed by atoms with Crippen molar-refractivity contribution in [1.29, 1.82) is 0 Å². The Balaban J connectivity index is 1.92. The summed E-state index contributed by atoms with van der Waals surface area (Å²) in [5.41, 5.74) is 3.04. The van der Waals surface area contributed by atoms with Crippen molar-refractivity contribution < 1.29 is 18.7 Å². The van der Waals surface area contributed by atoms with Crippen LogP contribution in [0.5, 0.6) is 5.75 Å². The first-order chi connectivity index (χ1) is 12.0. The molecule has 2 aromatic carbocycles. The van der Waals surface area contributed by atoms with Gasteiger partial charge in [-0.2, -0.15) is 5.10 Å². The zero-order valence-electron chi connectivity index (χ0n) is 13.3. The van der Waals surface area contributed by atoms with Gasteiger partial charge in [0.15, 0.2) is 0 Å². The highest BCUT2D eigenvalue weighted by Crippen LogP contribution is 2.21. The average Bonchev–Trinajstić information content (AvgIpc) is 2.61. The summed E-state index contributed by atoms with van der Waals surface area (Å²) in [7, 11) is 1.35. The Bertz CT molecular complexity index is 774. The van der Waals surface area contributed by atoms with E-state index >= 15 is 0 Å². The lowest BCUT2D eigenvalue weighted by molar-refractivity contribution is -0.138. The summed E-state index contributed by atoms with van der Waals surface area (Å²) in [6.07, 6.45) is 1.37. The van der Waals surface area contributed by atoms with Crippen LogP contribution in [0.3, 0.4) is 0 Å². The van der Waals surface area contributed by atoms with Crippen LogP contribution in [0.25, 0.3) is 0 Å². The fourth-order valence-corrected chi connectivity index (χ4v) is 2.02. The first-order valence-electron chi connectivity index (χ1n) is 7.22. The van der Waals surface area contributed by atoms with Crippen molar-refractivity contribution in [3.05, 3.63) is 64.4 Å². The maximum absolute atomic E-state index is 13.7. The minimum Gasteiger partial charge on any atom is -0.489 e. The molecule has 0 aromatic heterocycles. The van der Waals surface area contributed by atoms with Gasteiger partial charge in [-0.15, -0.1) is 0 Å². The molecule has 0 aliphatic heterocycles. The van der Waals surface area contributed by atoms with Crippen molar-refractivity contribution in [1.82, 2.24) is 10.7 Å². The molecule has 0 aliphatic rings. The normalized spacial score (nSPS) is 10.5. The Hall–Kier alpha value is -2.93. The number of rotatable bonds is 5. The Labute approximate surface area is 148 Å². The minimum absolute atomic E-state index is 0.00112. The molecular weight excluding hydrogens is 349 g/mol. The lowest BCUT2D eigenvalue weighted by Crippen LogP contribution is -2.35. The highest BCUT2D eigenvalue weighted by Gasteiger charge is 2.09. The molecule has 25 heavy (non-hydrogen) atoms. The van der Waals surface area contributed by atoms with E-state index in [0.29, 0.717) is 16.3 Å². The molecule has 0 bridgehead atoms. The third-order valence-corrected chi connectivity index (χ3v) is 3.49. The number of likely N-dealkylation sites (N-methyl/N-ethyl adjacent to an activating group) is 1. The fraction of sp³-hybridized carbons (Fsp3) is 0.118. The van der Waals surface area contributed by atoms with Gasteiger partial charge in [-0.3, -0.25) is 9.59 Å². The van der Waals surface area contributed by atoms with Gasteiger partial charge in [-0.05, 0) is 42.0 Å². The number of hydrogen-bond acceptors (Lipinski definition) is 4. The Morgan fingerprint density at radius 2 is 1.92 bits per heavy atom. The van der Waals surface area contributed by atoms with Gasteiger partial charge in [0.25, 0.3) is 0 Å². The largest absolute Gasteiger partial charge is 0.489 e. The monoisotopic (exact) mass is 363 g/mol. The number of nitrogens with zero attached hydrogens (tertiary/aromatic N) is 1. The molecule has 0 saturated heterocycles. The number of hydrogen-bond donors (Lipinski definition) is 2. The molecular formula is C17H15ClFN3O3. The highest BCUT2D eigenvalue weighted by atomic mass is 35.5. The minimum atomic E-state index is -0.861. The lowest BCUT2D eigenvalue weighted by atomic mass is 10.2. The second kappa shape index (κ2) is 8.79. The van der Waals surface area contributed by atoms with Gasteiger partial charge in [-0.1, -0.05) is 17.7 Å². The predicted molar refractivity (Wildman–Crippen MR) is 92.0 cm³/mol. The molecule has 130 valence electrons. The summed E-state index contributed by atoms with van der Waals surface area (Å²) in [5.74, 6) is -1.55. The molecule has 8 heteroatoms. The van der Waals surface area contributed by atoms with Gasteiger partial charge in [0, 0.05) is 12.6 Å². The third-order valence-electron chi connectivity index (χ3n) is 3.14. The summed E-state index contributed by atoms with van der Waals surface area (Å²) < 4.78 is 19.2. The summed E-state index contributed by atoms with van der Waals surface area (Å²) in [6.45, 7) is 0.00112. The van der Waals surface area contributed by atoms with Crippen molar-refractivity contribution >= 4 is 29.6 Å². The Morgan fingerprint density at radius 1 is 1.20 bits per heavy atom. The van der Waals surface area contributed by atoms with Crippen LogP contribution < -0.4 is 15.5 Å². The van der Waals surface area contributed by atoms with Gasteiger partial charge in [0.05, 0.1) is 11.2 Å². The summed E-state index contributed by atoms with van der Waals surface area (Å²) >= 11 is 5.94. The summed E-state index contributed by atoms with van der Waals surface area (Å²) in [5, 5.41) is 6.14. The van der Waals surface area contributed by atoms with Gasteiger partial charge in [0.1, 0.15) is 18.2 Å². The van der Waals surface area contributed by atoms with Gasteiger partial charge in [-0.25, -0.2) is 9.82 Å². The molecule has 0 saturated carbocycles. The van der Waals surface area contributed by atoms with Crippen LogP contribution >= 0.6 is 11.6 Å². The maximum Gasteiger partial charge on any atom is 0.329 e. The van der Waals surface area contributed by atoms with E-state index in [9.17, 15) is 14.0 Å². The van der Waals surface area contributed by atoms with Gasteiger partial charge >= 0.3 is 11.8 Å². The first-order valence-corrected chi connectivity index (χ1v) is 7.60. The number of ether oxygens (including phenoxy) is 1. The van der Waals surface area contributed by atoms with E-state index in [1.165, 1.54) is 25.4 Å². The quantitative estimate of drug-likeness (QED) is 0.486. The third kappa shape index (κ3) is 5.29. The second-order valence-corrected chi connectivity index (χ2v) is 5.24. The zero-order chi connectivity index (χ0) is 18.2. The van der Waals surface area contributed by atoms with E-state index in [1.54, 1.807) is 30.3 Å². The van der Waals surface area contributed by atoms with Crippen LogP contribution in [0.2, 0.25) is 5.02 Å². The number of nitrogens with one attached hydrogen (secondary N) is 2. The Kier molecular flexibility index (Phi) is 6.47. The maximum atomic E-state index is 13.7. The molecule has 0 unspecified atom stereocenters. The molecule has 0 radical (unpaired) electrons. The van der Waals surface area contributed by atoms with Crippen molar-refractivity contribution in [2.45, 2.75) is 6.61 Å². The molecule has 0 aliphatic carbocycles. The van der Waals surface area contributed by atoms with E-state index in [4.69, 9.17) is 16.3 Å². The van der Waals surface area contributed by atoms with E-state index in [0.717, 1.165) is 0 Å². The zero-order valence-corrected chi connectivity index (χ0v) is 14.0. The van der Waals surface area contributed by atoms with Gasteiger partial charge < -0.3 is 10.1 Å². The topological polar surface area (TPSA) is 79.8 Å². The number of hydrazone groups is 1. The predicted octanol–water partition coefficient (Wildman–Crippen LogP) is 2.25. The van der Waals surface area contributed by atoms with Crippen LogP contribution in [0.4, 0.5) is 4.39 Å². The van der Waals surface area contributed by atoms with Gasteiger partial charge in [0.2, 0.25) is 0 Å². The Morgan fingerprint density at radius 3 is 2.56 bits per heavy atom. The van der Waals surface area contributed by atoms with Crippen LogP contribution in [0, 0.1) is 5.82 Å². The molecule has 0 heterocycles. The first kappa shape index (κ1) is 18.4. The van der Waals surface area contributed by atoms with E-state index in [-0.39, 0.29) is 12.2 Å². The SMILES string of the molecule is CNC(=O)C(=O)N/N=C\c1ccc(OCc2c(F)cccc2Cl)cc1. The van der Waals surface area contributed by atoms with Crippen LogP contribution in [0.15, 0.2) is 47.6 Å². The molecule has 0 fully saturated rings. The standard InChI is InChI=1S/C17H15ClFN3O3/c1-20-16(23)17(24)22-21-9-11-5-7-12(8-6-11)25-10-13-14(18)3-2-4-15(13)19/h2-9H,10H2,1H3,(H,20,23)(H,22,24)/b21-9-. The fourth-order valence-electron chi connectivity index (χ4n) is 1.81. The van der Waals surface area contributed by atoms with Crippen molar-refractivity contribution in [2.24, 2.45) is 5.10 Å². The van der Waals surface area contributed by atoms with Crippen molar-refractivity contribution in [3.63, 3.8) is 0 Å². The van der Waals surface area contributed by atoms with E-state index < -0.39 is 17.6 Å². The van der Waals surface area contributed by atoms with Crippen LogP contribution in [0.1, 0.15) is 11.1 Å². The van der Waals surface area contributed by atoms with Crippen molar-refractivity contribution in [2.75, 3.05) is 7.05 Å². The summed E-state index contributed by atoms with van der Waals surface area (Å²) in [6, 6.07) is 11.1. The number of amides is 2. The van der Waals surface area contributed by atoms with Crippen LogP contribution in [-0.4, -0.2) is 25.1 Å². The van der Waals surface area contributed by atoms with Crippen molar-refractivity contribution in [3.8, 4) is 5.75 Å². The average molecular weight is 364 g/mol. The molecule has 0 spiro atoms. The lowest BCUT2D eigenvalue weighted by Gasteiger charge is -2.08. The molecule has 2 N–H and O–H groups in total. The molecule has 0 atom stereocenters. The number of carbonyl (C=O) groups is 2. The van der Waals surface area contributed by atoms with E-state index in [2.05, 4.69) is 15.8 Å². The molecule has 6 nitrogen and oxygen atoms in total. The van der Waals surface area contributed by atoms with Crippen LogP contribution in [-0.2, 0) is 16.2 Å². The van der Waals surface area contributed by atoms with E-state index in [1.807, 2.05) is 0 Å². The number of benzene rings is 2.